The second kappa shape index (κ2) is 6.29. The van der Waals surface area contributed by atoms with Gasteiger partial charge in [-0.1, -0.05) is 0 Å². The van der Waals surface area contributed by atoms with Crippen molar-refractivity contribution in [1.29, 1.82) is 0 Å². The van der Waals surface area contributed by atoms with E-state index in [9.17, 15) is 13.5 Å². The van der Waals surface area contributed by atoms with E-state index in [1.54, 1.807) is 6.92 Å². The summed E-state index contributed by atoms with van der Waals surface area (Å²) in [6.45, 7) is 3.36. The fourth-order valence-electron chi connectivity index (χ4n) is 2.10. The summed E-state index contributed by atoms with van der Waals surface area (Å²) in [4.78, 5) is 0. The molecule has 7 heteroatoms. The Bertz CT molecular complexity index is 356. The Morgan fingerprint density at radius 1 is 1.50 bits per heavy atom. The number of nitrogens with one attached hydrogen (secondary N) is 1. The summed E-state index contributed by atoms with van der Waals surface area (Å²) in [5, 5.41) is 21.6. The summed E-state index contributed by atoms with van der Waals surface area (Å²) in [5.41, 5.74) is -1.12. The molecule has 2 atom stereocenters. The number of rotatable bonds is 6. The van der Waals surface area contributed by atoms with Crippen molar-refractivity contribution in [3.63, 3.8) is 0 Å². The zero-order chi connectivity index (χ0) is 13.8. The van der Waals surface area contributed by atoms with Crippen LogP contribution in [0.1, 0.15) is 19.8 Å². The predicted molar refractivity (Wildman–Crippen MR) is 69.7 cm³/mol. The normalized spacial score (nSPS) is 25.9. The highest BCUT2D eigenvalue weighted by Crippen LogP contribution is 2.18. The monoisotopic (exact) mass is 280 g/mol. The first kappa shape index (κ1) is 15.8. The zero-order valence-electron chi connectivity index (χ0n) is 11.1. The predicted octanol–water partition coefficient (Wildman–Crippen LogP) is -1.01. The van der Waals surface area contributed by atoms with Crippen LogP contribution in [0, 0.1) is 5.92 Å². The lowest BCUT2D eigenvalue weighted by Crippen LogP contribution is -2.46. The highest BCUT2D eigenvalue weighted by molar-refractivity contribution is 7.88. The van der Waals surface area contributed by atoms with Crippen LogP contribution in [0.25, 0.3) is 0 Å². The second-order valence-corrected chi connectivity index (χ2v) is 7.40. The lowest BCUT2D eigenvalue weighted by Gasteiger charge is -2.31. The molecule has 0 aromatic carbocycles. The number of hydrogen-bond donors (Lipinski definition) is 3. The average molecular weight is 280 g/mol. The van der Waals surface area contributed by atoms with Crippen LogP contribution in [0.3, 0.4) is 0 Å². The third-order valence-electron chi connectivity index (χ3n) is 3.23. The van der Waals surface area contributed by atoms with Gasteiger partial charge in [0, 0.05) is 19.6 Å². The molecule has 0 amide bonds. The number of hydrogen-bond acceptors (Lipinski definition) is 5. The Labute approximate surface area is 109 Å². The summed E-state index contributed by atoms with van der Waals surface area (Å²) in [6, 6.07) is 0. The highest BCUT2D eigenvalue weighted by Gasteiger charge is 2.26. The Morgan fingerprint density at radius 3 is 2.72 bits per heavy atom. The Kier molecular flexibility index (Phi) is 5.54. The molecule has 3 N–H and O–H groups in total. The molecule has 0 saturated carbocycles. The maximum Gasteiger partial charge on any atom is 0.211 e. The van der Waals surface area contributed by atoms with Crippen LogP contribution in [-0.2, 0) is 10.0 Å². The highest BCUT2D eigenvalue weighted by atomic mass is 32.2. The largest absolute Gasteiger partial charge is 0.393 e. The van der Waals surface area contributed by atoms with E-state index in [-0.39, 0.29) is 12.5 Å². The molecular formula is C11H24N2O4S. The second-order valence-electron chi connectivity index (χ2n) is 5.42. The minimum Gasteiger partial charge on any atom is -0.393 e. The SMILES string of the molecule is CC(O)(CO)CNCC1CCCN(S(C)(=O)=O)C1. The molecule has 2 unspecified atom stereocenters. The third-order valence-corrected chi connectivity index (χ3v) is 4.50. The minimum atomic E-state index is -3.10. The summed E-state index contributed by atoms with van der Waals surface area (Å²) in [7, 11) is -3.10. The fourth-order valence-corrected chi connectivity index (χ4v) is 3.04. The molecule has 0 radical (unpaired) electrons. The first-order chi connectivity index (χ1) is 8.24. The summed E-state index contributed by atoms with van der Waals surface area (Å²) >= 11 is 0. The van der Waals surface area contributed by atoms with Gasteiger partial charge in [-0.15, -0.1) is 0 Å². The first-order valence-electron chi connectivity index (χ1n) is 6.24. The van der Waals surface area contributed by atoms with Gasteiger partial charge in [-0.3, -0.25) is 0 Å². The molecule has 0 aromatic heterocycles. The van der Waals surface area contributed by atoms with Gasteiger partial charge < -0.3 is 15.5 Å². The fraction of sp³-hybridized carbons (Fsp3) is 1.00. The summed E-state index contributed by atoms with van der Waals surface area (Å²) in [5.74, 6) is 0.267. The van der Waals surface area contributed by atoms with Crippen molar-refractivity contribution in [2.24, 2.45) is 5.92 Å². The van der Waals surface area contributed by atoms with E-state index in [4.69, 9.17) is 5.11 Å². The van der Waals surface area contributed by atoms with Crippen molar-refractivity contribution >= 4 is 10.0 Å². The molecule has 0 bridgehead atoms. The molecule has 1 aliphatic heterocycles. The smallest absolute Gasteiger partial charge is 0.211 e. The van der Waals surface area contributed by atoms with Crippen molar-refractivity contribution in [1.82, 2.24) is 9.62 Å². The van der Waals surface area contributed by atoms with Crippen molar-refractivity contribution in [2.45, 2.75) is 25.4 Å². The van der Waals surface area contributed by atoms with Crippen LogP contribution in [0.5, 0.6) is 0 Å². The maximum absolute atomic E-state index is 11.4. The molecule has 0 aromatic rings. The van der Waals surface area contributed by atoms with Gasteiger partial charge in [0.05, 0.1) is 18.5 Å². The Balaban J connectivity index is 2.35. The Morgan fingerprint density at radius 2 is 2.17 bits per heavy atom. The summed E-state index contributed by atoms with van der Waals surface area (Å²) < 4.78 is 24.4. The molecule has 108 valence electrons. The van der Waals surface area contributed by atoms with Crippen molar-refractivity contribution in [3.05, 3.63) is 0 Å². The molecule has 0 spiro atoms. The van der Waals surface area contributed by atoms with E-state index in [1.165, 1.54) is 10.6 Å². The quantitative estimate of drug-likeness (QED) is 0.580. The van der Waals surface area contributed by atoms with Gasteiger partial charge in [0.1, 0.15) is 0 Å². The van der Waals surface area contributed by atoms with Gasteiger partial charge in [-0.2, -0.15) is 0 Å². The van der Waals surface area contributed by atoms with E-state index in [1.807, 2.05) is 0 Å². The maximum atomic E-state index is 11.4. The minimum absolute atomic E-state index is 0.267. The summed E-state index contributed by atoms with van der Waals surface area (Å²) in [6.07, 6.45) is 3.09. The van der Waals surface area contributed by atoms with Crippen LogP contribution in [0.2, 0.25) is 0 Å². The zero-order valence-corrected chi connectivity index (χ0v) is 11.9. The third kappa shape index (κ3) is 5.19. The van der Waals surface area contributed by atoms with Gasteiger partial charge in [-0.25, -0.2) is 12.7 Å². The lowest BCUT2D eigenvalue weighted by molar-refractivity contribution is 0.00187. The van der Waals surface area contributed by atoms with E-state index in [0.29, 0.717) is 26.2 Å². The van der Waals surface area contributed by atoms with Gasteiger partial charge >= 0.3 is 0 Å². The molecule has 1 heterocycles. The molecule has 1 fully saturated rings. The van der Waals surface area contributed by atoms with Crippen LogP contribution in [-0.4, -0.2) is 67.6 Å². The molecule has 1 aliphatic rings. The van der Waals surface area contributed by atoms with Crippen LogP contribution in [0.4, 0.5) is 0 Å². The van der Waals surface area contributed by atoms with E-state index in [0.717, 1.165) is 12.8 Å². The van der Waals surface area contributed by atoms with Crippen LogP contribution < -0.4 is 5.32 Å². The average Bonchev–Trinajstić information content (AvgIpc) is 2.28. The molecule has 0 aliphatic carbocycles. The number of piperidine rings is 1. The van der Waals surface area contributed by atoms with Crippen LogP contribution in [0.15, 0.2) is 0 Å². The molecule has 1 saturated heterocycles. The lowest BCUT2D eigenvalue weighted by atomic mass is 9.99. The number of aliphatic hydroxyl groups is 2. The number of nitrogens with zero attached hydrogens (tertiary/aromatic N) is 1. The van der Waals surface area contributed by atoms with E-state index >= 15 is 0 Å². The molecule has 18 heavy (non-hydrogen) atoms. The van der Waals surface area contributed by atoms with E-state index < -0.39 is 15.6 Å². The molecule has 1 rings (SSSR count). The van der Waals surface area contributed by atoms with Crippen molar-refractivity contribution < 1.29 is 18.6 Å². The molecule has 6 nitrogen and oxygen atoms in total. The van der Waals surface area contributed by atoms with Gasteiger partial charge in [0.2, 0.25) is 10.0 Å². The van der Waals surface area contributed by atoms with Gasteiger partial charge in [0.15, 0.2) is 0 Å². The Hall–Kier alpha value is -0.210. The number of aliphatic hydroxyl groups excluding tert-OH is 1. The van der Waals surface area contributed by atoms with Gasteiger partial charge in [0.25, 0.3) is 0 Å². The van der Waals surface area contributed by atoms with Crippen molar-refractivity contribution in [3.8, 4) is 0 Å². The topological polar surface area (TPSA) is 89.9 Å². The van der Waals surface area contributed by atoms with Crippen LogP contribution >= 0.6 is 0 Å². The van der Waals surface area contributed by atoms with Crippen molar-refractivity contribution in [2.75, 3.05) is 39.0 Å². The van der Waals surface area contributed by atoms with E-state index in [2.05, 4.69) is 5.32 Å². The van der Waals surface area contributed by atoms with Gasteiger partial charge in [-0.05, 0) is 32.2 Å². The molecular weight excluding hydrogens is 256 g/mol. The first-order valence-corrected chi connectivity index (χ1v) is 8.08. The standard InChI is InChI=1S/C11H24N2O4S/c1-11(15,9-14)8-12-6-10-4-3-5-13(7-10)18(2,16)17/h10,12,14-15H,3-9H2,1-2H3. The number of sulfonamides is 1.